The first-order chi connectivity index (χ1) is 8.58. The van der Waals surface area contributed by atoms with Crippen LogP contribution in [0.2, 0.25) is 0 Å². The van der Waals surface area contributed by atoms with E-state index in [0.29, 0.717) is 5.76 Å². The summed E-state index contributed by atoms with van der Waals surface area (Å²) in [4.78, 5) is 10.9. The minimum absolute atomic E-state index is 0.0799. The molecule has 18 heavy (non-hydrogen) atoms. The van der Waals surface area contributed by atoms with E-state index in [-0.39, 0.29) is 12.1 Å². The average Bonchev–Trinajstić information content (AvgIpc) is 2.79. The Kier molecular flexibility index (Phi) is 3.66. The zero-order chi connectivity index (χ0) is 13.1. The second-order valence-corrected chi connectivity index (χ2v) is 4.64. The number of carboxylic acid groups (broad SMARTS) is 1. The standard InChI is InChI=1S/C12H11BrN2O3/c1-7-4-8(2-3-10(7)13)14-6-11-9(12(16)17)5-15-18-11/h2-5,14H,6H2,1H3,(H,16,17). The van der Waals surface area contributed by atoms with Gasteiger partial charge in [-0.15, -0.1) is 0 Å². The van der Waals surface area contributed by atoms with E-state index in [1.807, 2.05) is 25.1 Å². The fraction of sp³-hybridized carbons (Fsp3) is 0.167. The molecule has 0 amide bonds. The highest BCUT2D eigenvalue weighted by atomic mass is 79.9. The number of rotatable bonds is 4. The molecule has 0 fully saturated rings. The van der Waals surface area contributed by atoms with Gasteiger partial charge in [0.1, 0.15) is 5.56 Å². The van der Waals surface area contributed by atoms with Gasteiger partial charge in [0.05, 0.1) is 12.7 Å². The second kappa shape index (κ2) is 5.22. The minimum Gasteiger partial charge on any atom is -0.478 e. The smallest absolute Gasteiger partial charge is 0.341 e. The number of carboxylic acids is 1. The molecule has 2 aromatic rings. The number of nitrogens with zero attached hydrogens (tertiary/aromatic N) is 1. The Labute approximate surface area is 112 Å². The van der Waals surface area contributed by atoms with Gasteiger partial charge in [-0.1, -0.05) is 21.1 Å². The van der Waals surface area contributed by atoms with E-state index >= 15 is 0 Å². The number of aryl methyl sites for hydroxylation is 1. The Morgan fingerprint density at radius 2 is 2.33 bits per heavy atom. The van der Waals surface area contributed by atoms with E-state index in [0.717, 1.165) is 15.7 Å². The second-order valence-electron chi connectivity index (χ2n) is 3.79. The SMILES string of the molecule is Cc1cc(NCc2oncc2C(=O)O)ccc1Br. The highest BCUT2D eigenvalue weighted by Gasteiger charge is 2.14. The van der Waals surface area contributed by atoms with Crippen molar-refractivity contribution in [3.05, 3.63) is 45.8 Å². The van der Waals surface area contributed by atoms with Gasteiger partial charge in [-0.3, -0.25) is 0 Å². The van der Waals surface area contributed by atoms with Gasteiger partial charge in [0.25, 0.3) is 0 Å². The lowest BCUT2D eigenvalue weighted by molar-refractivity contribution is 0.0694. The molecule has 5 nitrogen and oxygen atoms in total. The largest absolute Gasteiger partial charge is 0.478 e. The van der Waals surface area contributed by atoms with Crippen molar-refractivity contribution in [2.75, 3.05) is 5.32 Å². The minimum atomic E-state index is -1.04. The highest BCUT2D eigenvalue weighted by Crippen LogP contribution is 2.20. The van der Waals surface area contributed by atoms with Gasteiger partial charge in [-0.2, -0.15) is 0 Å². The Morgan fingerprint density at radius 3 is 3.00 bits per heavy atom. The molecule has 6 heteroatoms. The molecule has 0 atom stereocenters. The van der Waals surface area contributed by atoms with Crippen LogP contribution in [0, 0.1) is 6.92 Å². The molecule has 0 spiro atoms. The first kappa shape index (κ1) is 12.6. The summed E-state index contributed by atoms with van der Waals surface area (Å²) in [6, 6.07) is 5.78. The molecule has 1 aromatic heterocycles. The predicted octanol–water partition coefficient (Wildman–Crippen LogP) is 3.06. The third-order valence-electron chi connectivity index (χ3n) is 2.49. The molecule has 94 valence electrons. The number of hydrogen-bond acceptors (Lipinski definition) is 4. The molecule has 0 unspecified atom stereocenters. The van der Waals surface area contributed by atoms with E-state index in [1.54, 1.807) is 0 Å². The van der Waals surface area contributed by atoms with E-state index in [2.05, 4.69) is 26.4 Å². The summed E-state index contributed by atoms with van der Waals surface area (Å²) in [5.74, 6) is -0.733. The molecule has 0 saturated carbocycles. The van der Waals surface area contributed by atoms with E-state index < -0.39 is 5.97 Å². The first-order valence-corrected chi connectivity index (χ1v) is 6.04. The first-order valence-electron chi connectivity index (χ1n) is 5.25. The lowest BCUT2D eigenvalue weighted by Crippen LogP contribution is -2.04. The van der Waals surface area contributed by atoms with E-state index in [4.69, 9.17) is 9.63 Å². The van der Waals surface area contributed by atoms with Crippen LogP contribution in [-0.4, -0.2) is 16.2 Å². The van der Waals surface area contributed by atoms with Gasteiger partial charge in [0, 0.05) is 10.2 Å². The van der Waals surface area contributed by atoms with Gasteiger partial charge in [0.15, 0.2) is 5.76 Å². The van der Waals surface area contributed by atoms with Crippen molar-refractivity contribution in [3.63, 3.8) is 0 Å². The summed E-state index contributed by atoms with van der Waals surface area (Å²) in [7, 11) is 0. The van der Waals surface area contributed by atoms with Crippen molar-refractivity contribution in [1.29, 1.82) is 0 Å². The number of hydrogen-bond donors (Lipinski definition) is 2. The van der Waals surface area contributed by atoms with Crippen LogP contribution in [0.1, 0.15) is 21.7 Å². The van der Waals surface area contributed by atoms with E-state index in [9.17, 15) is 4.79 Å². The maximum atomic E-state index is 10.9. The third kappa shape index (κ3) is 2.70. The number of anilines is 1. The van der Waals surface area contributed by atoms with Crippen LogP contribution < -0.4 is 5.32 Å². The number of aromatic nitrogens is 1. The molecule has 0 aliphatic heterocycles. The van der Waals surface area contributed by atoms with Crippen molar-refractivity contribution in [2.24, 2.45) is 0 Å². The number of halogens is 1. The molecule has 2 rings (SSSR count). The molecule has 0 bridgehead atoms. The van der Waals surface area contributed by atoms with Crippen LogP contribution in [0.3, 0.4) is 0 Å². The van der Waals surface area contributed by atoms with Crippen molar-refractivity contribution < 1.29 is 14.4 Å². The molecule has 0 radical (unpaired) electrons. The summed E-state index contributed by atoms with van der Waals surface area (Å²) in [6.45, 7) is 2.26. The Hall–Kier alpha value is -1.82. The fourth-order valence-corrected chi connectivity index (χ4v) is 1.75. The van der Waals surface area contributed by atoms with Crippen LogP contribution in [0.4, 0.5) is 5.69 Å². The molecule has 2 N–H and O–H groups in total. The van der Waals surface area contributed by atoms with Crippen molar-refractivity contribution in [3.8, 4) is 0 Å². The maximum absolute atomic E-state index is 10.9. The molecule has 0 aliphatic carbocycles. The number of carbonyl (C=O) groups is 1. The Balaban J connectivity index is 2.09. The summed E-state index contributed by atoms with van der Waals surface area (Å²) < 4.78 is 5.93. The van der Waals surface area contributed by atoms with Crippen LogP contribution in [-0.2, 0) is 6.54 Å². The quantitative estimate of drug-likeness (QED) is 0.907. The maximum Gasteiger partial charge on any atom is 0.341 e. The number of benzene rings is 1. The van der Waals surface area contributed by atoms with Crippen molar-refractivity contribution >= 4 is 27.6 Å². The lowest BCUT2D eigenvalue weighted by Gasteiger charge is -2.06. The molecule has 1 heterocycles. The Bertz CT molecular complexity index is 580. The van der Waals surface area contributed by atoms with Gasteiger partial charge in [-0.05, 0) is 30.7 Å². The normalized spacial score (nSPS) is 10.3. The number of nitrogens with one attached hydrogen (secondary N) is 1. The Morgan fingerprint density at radius 1 is 1.56 bits per heavy atom. The van der Waals surface area contributed by atoms with E-state index in [1.165, 1.54) is 6.20 Å². The van der Waals surface area contributed by atoms with Crippen LogP contribution in [0.25, 0.3) is 0 Å². The summed E-state index contributed by atoms with van der Waals surface area (Å²) in [5, 5.41) is 15.5. The van der Waals surface area contributed by atoms with Gasteiger partial charge < -0.3 is 14.9 Å². The van der Waals surface area contributed by atoms with Crippen LogP contribution in [0.5, 0.6) is 0 Å². The topological polar surface area (TPSA) is 75.4 Å². The van der Waals surface area contributed by atoms with Crippen LogP contribution in [0.15, 0.2) is 33.4 Å². The molecule has 1 aromatic carbocycles. The fourth-order valence-electron chi connectivity index (χ4n) is 1.50. The van der Waals surface area contributed by atoms with Gasteiger partial charge in [-0.25, -0.2) is 4.79 Å². The third-order valence-corrected chi connectivity index (χ3v) is 3.38. The van der Waals surface area contributed by atoms with Crippen molar-refractivity contribution in [2.45, 2.75) is 13.5 Å². The average molecular weight is 311 g/mol. The summed E-state index contributed by atoms with van der Waals surface area (Å²) in [5.41, 5.74) is 2.07. The summed E-state index contributed by atoms with van der Waals surface area (Å²) >= 11 is 3.42. The van der Waals surface area contributed by atoms with Gasteiger partial charge >= 0.3 is 5.97 Å². The number of aromatic carboxylic acids is 1. The molecular formula is C12H11BrN2O3. The molecular weight excluding hydrogens is 300 g/mol. The van der Waals surface area contributed by atoms with Gasteiger partial charge in [0.2, 0.25) is 0 Å². The highest BCUT2D eigenvalue weighted by molar-refractivity contribution is 9.10. The lowest BCUT2D eigenvalue weighted by atomic mass is 10.2. The molecule has 0 aliphatic rings. The van der Waals surface area contributed by atoms with Crippen molar-refractivity contribution in [1.82, 2.24) is 5.16 Å². The monoisotopic (exact) mass is 310 g/mol. The zero-order valence-electron chi connectivity index (χ0n) is 9.61. The van der Waals surface area contributed by atoms with Crippen LogP contribution >= 0.6 is 15.9 Å². The predicted molar refractivity (Wildman–Crippen MR) is 69.7 cm³/mol. The molecule has 0 saturated heterocycles. The summed E-state index contributed by atoms with van der Waals surface area (Å²) in [6.07, 6.45) is 1.20. The zero-order valence-corrected chi connectivity index (χ0v) is 11.2.